The highest BCUT2D eigenvalue weighted by Gasteiger charge is 2.24. The molecule has 1 aliphatic rings. The van der Waals surface area contributed by atoms with E-state index in [9.17, 15) is 9.90 Å². The second kappa shape index (κ2) is 7.46. The molecule has 0 saturated heterocycles. The van der Waals surface area contributed by atoms with Gasteiger partial charge in [-0.25, -0.2) is 0 Å². The number of hydrogen-bond acceptors (Lipinski definition) is 5. The summed E-state index contributed by atoms with van der Waals surface area (Å²) in [6, 6.07) is 15.2. The number of carboxylic acids is 1. The van der Waals surface area contributed by atoms with Gasteiger partial charge < -0.3 is 20.4 Å². The summed E-state index contributed by atoms with van der Waals surface area (Å²) in [5.74, 6) is -0.965. The predicted molar refractivity (Wildman–Crippen MR) is 94.6 cm³/mol. The summed E-state index contributed by atoms with van der Waals surface area (Å²) >= 11 is 0. The van der Waals surface area contributed by atoms with Crippen molar-refractivity contribution < 1.29 is 19.8 Å². The summed E-state index contributed by atoms with van der Waals surface area (Å²) in [5.41, 5.74) is 4.95. The number of aliphatic carboxylic acids is 1. The average molecular weight is 340 g/mol. The monoisotopic (exact) mass is 340 g/mol. The van der Waals surface area contributed by atoms with Gasteiger partial charge in [-0.3, -0.25) is 4.79 Å². The number of benzene rings is 2. The SMILES string of the molecule is CC(NCC(O)CON=C1c2ccccc2-c2ccccc21)C(=O)O. The summed E-state index contributed by atoms with van der Waals surface area (Å²) in [5, 5.41) is 25.6. The minimum atomic E-state index is -0.965. The zero-order valence-corrected chi connectivity index (χ0v) is 13.8. The van der Waals surface area contributed by atoms with Crippen LogP contribution in [0.15, 0.2) is 53.7 Å². The molecule has 0 spiro atoms. The number of carbonyl (C=O) groups is 1. The van der Waals surface area contributed by atoms with Crippen LogP contribution in [-0.4, -0.2) is 47.2 Å². The van der Waals surface area contributed by atoms with Crippen LogP contribution in [0.4, 0.5) is 0 Å². The number of carboxylic acid groups (broad SMARTS) is 1. The molecule has 3 rings (SSSR count). The Morgan fingerprint density at radius 1 is 1.08 bits per heavy atom. The molecule has 0 bridgehead atoms. The molecule has 25 heavy (non-hydrogen) atoms. The molecule has 6 heteroatoms. The van der Waals surface area contributed by atoms with Gasteiger partial charge in [0.05, 0.1) is 0 Å². The summed E-state index contributed by atoms with van der Waals surface area (Å²) in [4.78, 5) is 16.1. The maximum atomic E-state index is 10.7. The van der Waals surface area contributed by atoms with E-state index in [2.05, 4.69) is 10.5 Å². The highest BCUT2D eigenvalue weighted by atomic mass is 16.6. The minimum absolute atomic E-state index is 0.0207. The van der Waals surface area contributed by atoms with Crippen LogP contribution in [0.25, 0.3) is 11.1 Å². The first-order valence-electron chi connectivity index (χ1n) is 8.11. The maximum absolute atomic E-state index is 10.7. The van der Waals surface area contributed by atoms with Crippen LogP contribution in [0.1, 0.15) is 18.1 Å². The molecular weight excluding hydrogens is 320 g/mol. The highest BCUT2D eigenvalue weighted by Crippen LogP contribution is 2.36. The minimum Gasteiger partial charge on any atom is -0.480 e. The molecule has 0 heterocycles. The van der Waals surface area contributed by atoms with Gasteiger partial charge in [-0.15, -0.1) is 0 Å². The summed E-state index contributed by atoms with van der Waals surface area (Å²) in [6.07, 6.45) is -0.849. The Morgan fingerprint density at radius 2 is 1.60 bits per heavy atom. The Morgan fingerprint density at radius 3 is 2.12 bits per heavy atom. The van der Waals surface area contributed by atoms with Crippen LogP contribution in [0.5, 0.6) is 0 Å². The standard InChI is InChI=1S/C19H20N2O4/c1-12(19(23)24)20-10-13(22)11-25-21-18-16-8-4-2-6-14(16)15-7-3-5-9-17(15)18/h2-9,12-13,20,22H,10-11H2,1H3,(H,23,24). The zero-order chi connectivity index (χ0) is 17.8. The lowest BCUT2D eigenvalue weighted by molar-refractivity contribution is -0.139. The smallest absolute Gasteiger partial charge is 0.320 e. The number of rotatable bonds is 7. The molecule has 2 aromatic rings. The second-order valence-electron chi connectivity index (χ2n) is 5.95. The Balaban J connectivity index is 1.67. The van der Waals surface area contributed by atoms with Crippen molar-refractivity contribution in [1.82, 2.24) is 5.32 Å². The first kappa shape index (κ1) is 17.1. The number of oxime groups is 1. The van der Waals surface area contributed by atoms with Crippen molar-refractivity contribution in [2.24, 2.45) is 5.16 Å². The quantitative estimate of drug-likeness (QED) is 0.571. The summed E-state index contributed by atoms with van der Waals surface area (Å²) in [7, 11) is 0. The van der Waals surface area contributed by atoms with Crippen molar-refractivity contribution >= 4 is 11.7 Å². The van der Waals surface area contributed by atoms with E-state index < -0.39 is 18.1 Å². The molecule has 0 saturated carbocycles. The fourth-order valence-electron chi connectivity index (χ4n) is 2.74. The number of fused-ring (bicyclic) bond motifs is 3. The van der Waals surface area contributed by atoms with E-state index in [0.29, 0.717) is 0 Å². The molecule has 2 unspecified atom stereocenters. The first-order valence-corrected chi connectivity index (χ1v) is 8.11. The van der Waals surface area contributed by atoms with Crippen molar-refractivity contribution in [1.29, 1.82) is 0 Å². The lowest BCUT2D eigenvalue weighted by atomic mass is 10.1. The molecule has 0 aromatic heterocycles. The normalized spacial score (nSPS) is 14.4. The van der Waals surface area contributed by atoms with Gasteiger partial charge in [-0.1, -0.05) is 53.7 Å². The van der Waals surface area contributed by atoms with Crippen LogP contribution in [0.2, 0.25) is 0 Å². The Labute approximate surface area is 145 Å². The van der Waals surface area contributed by atoms with E-state index >= 15 is 0 Å². The van der Waals surface area contributed by atoms with Crippen LogP contribution in [-0.2, 0) is 9.63 Å². The highest BCUT2D eigenvalue weighted by molar-refractivity contribution is 6.24. The lowest BCUT2D eigenvalue weighted by Gasteiger charge is -2.13. The number of aliphatic hydroxyl groups is 1. The van der Waals surface area contributed by atoms with Gasteiger partial charge in [0.25, 0.3) is 0 Å². The maximum Gasteiger partial charge on any atom is 0.320 e. The van der Waals surface area contributed by atoms with Crippen LogP contribution in [0.3, 0.4) is 0 Å². The van der Waals surface area contributed by atoms with Gasteiger partial charge in [0, 0.05) is 17.7 Å². The number of nitrogens with one attached hydrogen (secondary N) is 1. The molecule has 0 amide bonds. The van der Waals surface area contributed by atoms with Gasteiger partial charge in [-0.05, 0) is 18.1 Å². The molecular formula is C19H20N2O4. The molecule has 3 N–H and O–H groups in total. The number of nitrogens with zero attached hydrogens (tertiary/aromatic N) is 1. The molecule has 0 aliphatic heterocycles. The topological polar surface area (TPSA) is 91.1 Å². The Hall–Kier alpha value is -2.70. The Kier molecular flexibility index (Phi) is 5.11. The Bertz CT molecular complexity index is 756. The first-order chi connectivity index (χ1) is 12.1. The van der Waals surface area contributed by atoms with Crippen LogP contribution < -0.4 is 5.32 Å². The predicted octanol–water partition coefficient (Wildman–Crippen LogP) is 1.86. The van der Waals surface area contributed by atoms with E-state index in [-0.39, 0.29) is 13.2 Å². The van der Waals surface area contributed by atoms with Gasteiger partial charge in [-0.2, -0.15) is 0 Å². The van der Waals surface area contributed by atoms with Gasteiger partial charge in [0.2, 0.25) is 0 Å². The molecule has 2 aromatic carbocycles. The average Bonchev–Trinajstić information content (AvgIpc) is 2.94. The third-order valence-corrected chi connectivity index (χ3v) is 4.11. The third kappa shape index (κ3) is 3.70. The van der Waals surface area contributed by atoms with Crippen molar-refractivity contribution in [2.75, 3.05) is 13.2 Å². The number of hydrogen-bond donors (Lipinski definition) is 3. The second-order valence-corrected chi connectivity index (χ2v) is 5.95. The molecule has 6 nitrogen and oxygen atoms in total. The van der Waals surface area contributed by atoms with Crippen LogP contribution in [0, 0.1) is 0 Å². The van der Waals surface area contributed by atoms with E-state index in [0.717, 1.165) is 28.0 Å². The molecule has 0 radical (unpaired) electrons. The van der Waals surface area contributed by atoms with Gasteiger partial charge in [0.1, 0.15) is 24.5 Å². The summed E-state index contributed by atoms with van der Waals surface area (Å²) in [6.45, 7) is 1.61. The van der Waals surface area contributed by atoms with Crippen molar-refractivity contribution in [3.05, 3.63) is 59.7 Å². The van der Waals surface area contributed by atoms with E-state index in [1.807, 2.05) is 48.5 Å². The van der Waals surface area contributed by atoms with E-state index in [1.165, 1.54) is 6.92 Å². The molecule has 2 atom stereocenters. The fraction of sp³-hybridized carbons (Fsp3) is 0.263. The van der Waals surface area contributed by atoms with Crippen molar-refractivity contribution in [3.8, 4) is 11.1 Å². The van der Waals surface area contributed by atoms with Gasteiger partial charge >= 0.3 is 5.97 Å². The molecule has 0 fully saturated rings. The van der Waals surface area contributed by atoms with Crippen molar-refractivity contribution in [2.45, 2.75) is 19.1 Å². The largest absolute Gasteiger partial charge is 0.480 e. The summed E-state index contributed by atoms with van der Waals surface area (Å²) < 4.78 is 0. The lowest BCUT2D eigenvalue weighted by Crippen LogP contribution is -2.40. The van der Waals surface area contributed by atoms with Crippen LogP contribution >= 0.6 is 0 Å². The molecule has 130 valence electrons. The fourth-order valence-corrected chi connectivity index (χ4v) is 2.74. The number of aliphatic hydroxyl groups excluding tert-OH is 1. The van der Waals surface area contributed by atoms with Gasteiger partial charge in [0.15, 0.2) is 0 Å². The van der Waals surface area contributed by atoms with Crippen molar-refractivity contribution in [3.63, 3.8) is 0 Å². The zero-order valence-electron chi connectivity index (χ0n) is 13.8. The molecule has 1 aliphatic carbocycles. The van der Waals surface area contributed by atoms with E-state index in [1.54, 1.807) is 0 Å². The van der Waals surface area contributed by atoms with E-state index in [4.69, 9.17) is 9.94 Å². The third-order valence-electron chi connectivity index (χ3n) is 4.11.